The number of hydrogen-bond donors (Lipinski definition) is 2. The summed E-state index contributed by atoms with van der Waals surface area (Å²) in [6, 6.07) is 11.6. The number of halogens is 3. The van der Waals surface area contributed by atoms with Crippen LogP contribution in [-0.2, 0) is 12.6 Å². The molecular formula is C25H26F3N5S. The molecule has 0 unspecified atom stereocenters. The van der Waals surface area contributed by atoms with E-state index in [2.05, 4.69) is 32.4 Å². The molecule has 1 aliphatic rings. The molecule has 0 bridgehead atoms. The van der Waals surface area contributed by atoms with Crippen molar-refractivity contribution in [3.05, 3.63) is 71.3 Å². The molecule has 1 aliphatic heterocycles. The van der Waals surface area contributed by atoms with Gasteiger partial charge in [-0.05, 0) is 31.0 Å². The zero-order chi connectivity index (χ0) is 24.5. The van der Waals surface area contributed by atoms with Crippen LogP contribution in [0.3, 0.4) is 0 Å². The molecule has 0 radical (unpaired) electrons. The van der Waals surface area contributed by atoms with Gasteiger partial charge in [0.15, 0.2) is 0 Å². The predicted octanol–water partition coefficient (Wildman–Crippen LogP) is 6.04. The van der Waals surface area contributed by atoms with Gasteiger partial charge < -0.3 is 10.6 Å². The van der Waals surface area contributed by atoms with Crippen molar-refractivity contribution >= 4 is 27.9 Å². The molecular weight excluding hydrogens is 459 g/mol. The Balaban J connectivity index is 1.45. The minimum absolute atomic E-state index is 0.0827. The highest BCUT2D eigenvalue weighted by atomic mass is 32.1. The van der Waals surface area contributed by atoms with Crippen LogP contribution >= 0.6 is 11.3 Å². The Labute approximate surface area is 200 Å². The van der Waals surface area contributed by atoms with E-state index in [1.807, 2.05) is 39.0 Å². The second-order valence-corrected chi connectivity index (χ2v) is 9.60. The Morgan fingerprint density at radius 2 is 1.85 bits per heavy atom. The Morgan fingerprint density at radius 1 is 1.06 bits per heavy atom. The zero-order valence-electron chi connectivity index (χ0n) is 19.2. The number of rotatable bonds is 8. The first-order chi connectivity index (χ1) is 16.1. The second-order valence-electron chi connectivity index (χ2n) is 8.62. The number of alkyl halides is 3. The molecule has 0 aliphatic carbocycles. The van der Waals surface area contributed by atoms with Crippen LogP contribution in [0.1, 0.15) is 43.0 Å². The average molecular weight is 486 g/mol. The molecule has 2 N–H and O–H groups in total. The van der Waals surface area contributed by atoms with E-state index in [0.29, 0.717) is 23.7 Å². The maximum Gasteiger partial charge on any atom is 0.416 e. The normalized spacial score (nSPS) is 14.3. The fourth-order valence-corrected chi connectivity index (χ4v) is 4.74. The van der Waals surface area contributed by atoms with Crippen molar-refractivity contribution in [3.63, 3.8) is 0 Å². The third kappa shape index (κ3) is 5.53. The summed E-state index contributed by atoms with van der Waals surface area (Å²) >= 11 is 1.43. The standard InChI is InChI=1S/C25H26F3N5S/c1-14(2)30-20(11-17-6-5-7-19(10-17)25(26,27)28)13-29-24-33-32-23(34-24)18-8-9-21-15(3)31-16(4)22(21)12-18/h5-10,12,14,20,30H,3,11,13H2,1-2,4H3,(H,29,33)/t20-/m0/s1. The monoisotopic (exact) mass is 485 g/mol. The van der Waals surface area contributed by atoms with Crippen molar-refractivity contribution in [2.45, 2.75) is 45.5 Å². The number of hydrogen-bond acceptors (Lipinski definition) is 6. The van der Waals surface area contributed by atoms with Gasteiger partial charge in [0.05, 0.1) is 11.3 Å². The first kappa shape index (κ1) is 24.1. The third-order valence-corrected chi connectivity index (χ3v) is 6.43. The lowest BCUT2D eigenvalue weighted by Crippen LogP contribution is -2.41. The van der Waals surface area contributed by atoms with Crippen LogP contribution in [0.4, 0.5) is 18.3 Å². The van der Waals surface area contributed by atoms with Gasteiger partial charge in [-0.25, -0.2) is 0 Å². The van der Waals surface area contributed by atoms with Crippen LogP contribution in [0.2, 0.25) is 0 Å². The number of fused-ring (bicyclic) bond motifs is 1. The van der Waals surface area contributed by atoms with Crippen molar-refractivity contribution in [2.24, 2.45) is 4.99 Å². The minimum Gasteiger partial charge on any atom is -0.358 e. The molecule has 0 saturated heterocycles. The van der Waals surface area contributed by atoms with E-state index in [-0.39, 0.29) is 12.1 Å². The third-order valence-electron chi connectivity index (χ3n) is 5.50. The van der Waals surface area contributed by atoms with Gasteiger partial charge in [-0.3, -0.25) is 4.99 Å². The van der Waals surface area contributed by atoms with E-state index in [1.165, 1.54) is 23.5 Å². The van der Waals surface area contributed by atoms with Crippen LogP contribution < -0.4 is 10.6 Å². The van der Waals surface area contributed by atoms with Gasteiger partial charge in [-0.15, -0.1) is 10.2 Å². The van der Waals surface area contributed by atoms with Crippen molar-refractivity contribution < 1.29 is 13.2 Å². The Hall–Kier alpha value is -3.04. The minimum atomic E-state index is -4.35. The summed E-state index contributed by atoms with van der Waals surface area (Å²) in [5.41, 5.74) is 4.73. The van der Waals surface area contributed by atoms with E-state index in [9.17, 15) is 13.2 Å². The first-order valence-corrected chi connectivity index (χ1v) is 11.8. The van der Waals surface area contributed by atoms with E-state index in [4.69, 9.17) is 0 Å². The summed E-state index contributed by atoms with van der Waals surface area (Å²) in [5.74, 6) is 0. The molecule has 2 aromatic carbocycles. The quantitative estimate of drug-likeness (QED) is 0.408. The van der Waals surface area contributed by atoms with E-state index in [1.54, 1.807) is 6.07 Å². The summed E-state index contributed by atoms with van der Waals surface area (Å²) in [7, 11) is 0. The molecule has 4 rings (SSSR count). The average Bonchev–Trinajstić information content (AvgIpc) is 3.35. The number of anilines is 1. The van der Waals surface area contributed by atoms with Gasteiger partial charge in [0.1, 0.15) is 5.01 Å². The van der Waals surface area contributed by atoms with Crippen LogP contribution in [0.15, 0.2) is 54.0 Å². The van der Waals surface area contributed by atoms with Crippen molar-refractivity contribution in [1.82, 2.24) is 15.5 Å². The van der Waals surface area contributed by atoms with Gasteiger partial charge in [0, 0.05) is 41.0 Å². The Bertz CT molecular complexity index is 1230. The molecule has 2 heterocycles. The molecule has 5 nitrogen and oxygen atoms in total. The SMILES string of the molecule is C=C1N=C(C)c2cc(-c3nnc(NC[C@H](Cc4cccc(C(F)(F)F)c4)NC(C)C)s3)ccc21. The van der Waals surface area contributed by atoms with E-state index < -0.39 is 11.7 Å². The summed E-state index contributed by atoms with van der Waals surface area (Å²) in [4.78, 5) is 4.43. The molecule has 1 aromatic heterocycles. The van der Waals surface area contributed by atoms with Crippen LogP contribution in [0.5, 0.6) is 0 Å². The van der Waals surface area contributed by atoms with Crippen molar-refractivity contribution in [1.29, 1.82) is 0 Å². The number of aromatic nitrogens is 2. The first-order valence-electron chi connectivity index (χ1n) is 11.0. The van der Waals surface area contributed by atoms with Gasteiger partial charge in [0.2, 0.25) is 5.13 Å². The van der Waals surface area contributed by atoms with Crippen LogP contribution in [0, 0.1) is 0 Å². The number of aliphatic imine (C=N–C) groups is 1. The topological polar surface area (TPSA) is 62.2 Å². The summed E-state index contributed by atoms with van der Waals surface area (Å²) in [6.45, 7) is 10.5. The number of nitrogens with one attached hydrogen (secondary N) is 2. The molecule has 0 amide bonds. The highest BCUT2D eigenvalue weighted by Crippen LogP contribution is 2.33. The molecule has 9 heteroatoms. The molecule has 34 heavy (non-hydrogen) atoms. The lowest BCUT2D eigenvalue weighted by molar-refractivity contribution is -0.137. The Morgan fingerprint density at radius 3 is 2.59 bits per heavy atom. The highest BCUT2D eigenvalue weighted by molar-refractivity contribution is 7.18. The maximum absolute atomic E-state index is 13.1. The fourth-order valence-electron chi connectivity index (χ4n) is 3.99. The maximum atomic E-state index is 13.1. The molecule has 0 saturated carbocycles. The lowest BCUT2D eigenvalue weighted by Gasteiger charge is -2.22. The predicted molar refractivity (Wildman–Crippen MR) is 132 cm³/mol. The molecule has 0 fully saturated rings. The van der Waals surface area contributed by atoms with Gasteiger partial charge in [0.25, 0.3) is 0 Å². The summed E-state index contributed by atoms with van der Waals surface area (Å²) in [6.07, 6.45) is -3.90. The van der Waals surface area contributed by atoms with Gasteiger partial charge in [-0.1, -0.05) is 62.1 Å². The number of benzene rings is 2. The Kier molecular flexibility index (Phi) is 6.86. The van der Waals surface area contributed by atoms with E-state index in [0.717, 1.165) is 39.2 Å². The van der Waals surface area contributed by atoms with E-state index >= 15 is 0 Å². The molecule has 3 aromatic rings. The smallest absolute Gasteiger partial charge is 0.358 e. The molecule has 178 valence electrons. The summed E-state index contributed by atoms with van der Waals surface area (Å²) in [5, 5.41) is 16.7. The van der Waals surface area contributed by atoms with Crippen molar-refractivity contribution in [3.8, 4) is 10.6 Å². The lowest BCUT2D eigenvalue weighted by atomic mass is 10.0. The van der Waals surface area contributed by atoms with Crippen molar-refractivity contribution in [2.75, 3.05) is 11.9 Å². The van der Waals surface area contributed by atoms with Gasteiger partial charge in [-0.2, -0.15) is 13.2 Å². The highest BCUT2D eigenvalue weighted by Gasteiger charge is 2.30. The number of nitrogens with zero attached hydrogens (tertiary/aromatic N) is 3. The molecule has 1 atom stereocenters. The largest absolute Gasteiger partial charge is 0.416 e. The fraction of sp³-hybridized carbons (Fsp3) is 0.320. The zero-order valence-corrected chi connectivity index (χ0v) is 20.0. The van der Waals surface area contributed by atoms with Crippen LogP contribution in [0.25, 0.3) is 16.3 Å². The second kappa shape index (κ2) is 9.68. The van der Waals surface area contributed by atoms with Crippen LogP contribution in [-0.4, -0.2) is 34.5 Å². The molecule has 0 spiro atoms. The summed E-state index contributed by atoms with van der Waals surface area (Å²) < 4.78 is 39.3. The van der Waals surface area contributed by atoms with Gasteiger partial charge >= 0.3 is 6.18 Å².